The molecule has 1 amide bonds. The summed E-state index contributed by atoms with van der Waals surface area (Å²) in [7, 11) is 2.95. The van der Waals surface area contributed by atoms with Gasteiger partial charge >= 0.3 is 5.97 Å². The van der Waals surface area contributed by atoms with Gasteiger partial charge in [-0.05, 0) is 53.6 Å². The van der Waals surface area contributed by atoms with Crippen molar-refractivity contribution in [1.29, 1.82) is 0 Å². The molecule has 0 unspecified atom stereocenters. The predicted octanol–water partition coefficient (Wildman–Crippen LogP) is 4.96. The minimum Gasteiger partial charge on any atom is -0.493 e. The first-order valence-corrected chi connectivity index (χ1v) is 11.3. The normalized spacial score (nSPS) is 10.6. The van der Waals surface area contributed by atoms with E-state index in [9.17, 15) is 9.59 Å². The summed E-state index contributed by atoms with van der Waals surface area (Å²) in [4.78, 5) is 23.5. The smallest absolute Gasteiger partial charge is 0.335 e. The molecular weight excluding hydrogens is 500 g/mol. The molecule has 3 rings (SSSR count). The number of halogens is 1. The monoisotopic (exact) mass is 524 g/mol. The van der Waals surface area contributed by atoms with Gasteiger partial charge in [0.15, 0.2) is 23.0 Å². The summed E-state index contributed by atoms with van der Waals surface area (Å²) in [6, 6.07) is 14.3. The molecule has 0 aliphatic carbocycles. The number of hydrogen-bond donors (Lipinski definition) is 2. The lowest BCUT2D eigenvalue weighted by Gasteiger charge is -2.13. The van der Waals surface area contributed by atoms with Gasteiger partial charge in [0.05, 0.1) is 31.0 Å². The van der Waals surface area contributed by atoms with E-state index in [0.29, 0.717) is 40.7 Å². The maximum Gasteiger partial charge on any atom is 0.335 e. The highest BCUT2D eigenvalue weighted by atomic mass is 35.5. The van der Waals surface area contributed by atoms with E-state index < -0.39 is 11.9 Å². The lowest BCUT2D eigenvalue weighted by molar-refractivity contribution is 0.0696. The molecule has 2 N–H and O–H groups in total. The number of aromatic carboxylic acids is 1. The second kappa shape index (κ2) is 13.0. The summed E-state index contributed by atoms with van der Waals surface area (Å²) < 4.78 is 22.0. The number of hydrogen-bond acceptors (Lipinski definition) is 7. The number of ether oxygens (including phenoxy) is 4. The summed E-state index contributed by atoms with van der Waals surface area (Å²) >= 11 is 6.40. The molecule has 10 heteroatoms. The largest absolute Gasteiger partial charge is 0.493 e. The number of carbonyl (C=O) groups excluding carboxylic acids is 1. The van der Waals surface area contributed by atoms with Crippen LogP contribution in [0.4, 0.5) is 0 Å². The van der Waals surface area contributed by atoms with Crippen molar-refractivity contribution in [1.82, 2.24) is 5.43 Å². The van der Waals surface area contributed by atoms with Crippen LogP contribution >= 0.6 is 11.6 Å². The Hall–Kier alpha value is -4.50. The van der Waals surface area contributed by atoms with Gasteiger partial charge in [0.1, 0.15) is 13.2 Å². The van der Waals surface area contributed by atoms with E-state index in [0.717, 1.165) is 5.56 Å². The van der Waals surface area contributed by atoms with E-state index in [-0.39, 0.29) is 17.2 Å². The standard InChI is InChI=1S/C27H25ClN2O7/c1-4-11-36-22-10-9-20(14-23(22)34-2)26(31)30-29-15-18-12-21(28)25(24(13-18)35-3)37-16-17-5-7-19(8-6-17)27(32)33/h4-10,12-15H,1,11,16H2,2-3H3,(H,30,31)(H,32,33)/b29-15+. The molecule has 0 aliphatic heterocycles. The van der Waals surface area contributed by atoms with E-state index >= 15 is 0 Å². The third-order valence-electron chi connectivity index (χ3n) is 5.00. The lowest BCUT2D eigenvalue weighted by atomic mass is 10.1. The molecule has 0 fully saturated rings. The molecule has 0 radical (unpaired) electrons. The van der Waals surface area contributed by atoms with Gasteiger partial charge in [0.25, 0.3) is 5.91 Å². The summed E-state index contributed by atoms with van der Waals surface area (Å²) in [5.41, 5.74) is 4.29. The van der Waals surface area contributed by atoms with Gasteiger partial charge in [0, 0.05) is 5.56 Å². The number of hydrazone groups is 1. The van der Waals surface area contributed by atoms with Crippen molar-refractivity contribution in [2.45, 2.75) is 6.61 Å². The van der Waals surface area contributed by atoms with Crippen molar-refractivity contribution in [3.05, 3.63) is 94.5 Å². The van der Waals surface area contributed by atoms with Crippen molar-refractivity contribution >= 4 is 29.7 Å². The maximum absolute atomic E-state index is 12.5. The number of rotatable bonds is 12. The molecule has 0 aromatic heterocycles. The average molecular weight is 525 g/mol. The molecule has 37 heavy (non-hydrogen) atoms. The first-order valence-electron chi connectivity index (χ1n) is 10.9. The molecule has 0 saturated heterocycles. The van der Waals surface area contributed by atoms with Gasteiger partial charge in [-0.15, -0.1) is 0 Å². The maximum atomic E-state index is 12.5. The molecule has 0 spiro atoms. The van der Waals surface area contributed by atoms with Crippen LogP contribution in [0.2, 0.25) is 5.02 Å². The molecule has 0 bridgehead atoms. The van der Waals surface area contributed by atoms with Gasteiger partial charge in [0.2, 0.25) is 0 Å². The molecule has 3 aromatic rings. The van der Waals surface area contributed by atoms with Crippen LogP contribution in [-0.4, -0.2) is 44.0 Å². The van der Waals surface area contributed by atoms with Crippen molar-refractivity contribution in [2.24, 2.45) is 5.10 Å². The lowest BCUT2D eigenvalue weighted by Crippen LogP contribution is -2.17. The number of carbonyl (C=O) groups is 2. The first-order chi connectivity index (χ1) is 17.9. The second-order valence-corrected chi connectivity index (χ2v) is 7.90. The molecule has 3 aromatic carbocycles. The molecule has 9 nitrogen and oxygen atoms in total. The van der Waals surface area contributed by atoms with Crippen LogP contribution in [0.25, 0.3) is 0 Å². The minimum atomic E-state index is -1.00. The number of benzene rings is 3. The van der Waals surface area contributed by atoms with Gasteiger partial charge in [-0.3, -0.25) is 4.79 Å². The molecular formula is C27H25ClN2O7. The Labute approximate surface area is 218 Å². The SMILES string of the molecule is C=CCOc1ccc(C(=O)N/N=C/c2cc(Cl)c(OCc3ccc(C(=O)O)cc3)c(OC)c2)cc1OC. The van der Waals surface area contributed by atoms with E-state index in [1.165, 1.54) is 32.6 Å². The van der Waals surface area contributed by atoms with E-state index in [2.05, 4.69) is 17.1 Å². The van der Waals surface area contributed by atoms with Crippen molar-refractivity contribution in [3.8, 4) is 23.0 Å². The fraction of sp³-hybridized carbons (Fsp3) is 0.148. The minimum absolute atomic E-state index is 0.153. The Morgan fingerprint density at radius 1 is 0.973 bits per heavy atom. The Morgan fingerprint density at radius 3 is 2.32 bits per heavy atom. The van der Waals surface area contributed by atoms with Gasteiger partial charge in [-0.2, -0.15) is 5.10 Å². The zero-order valence-corrected chi connectivity index (χ0v) is 20.9. The third-order valence-corrected chi connectivity index (χ3v) is 5.28. The Bertz CT molecular complexity index is 1310. The van der Waals surface area contributed by atoms with Crippen LogP contribution in [0.5, 0.6) is 23.0 Å². The third kappa shape index (κ3) is 7.25. The highest BCUT2D eigenvalue weighted by molar-refractivity contribution is 6.32. The van der Waals surface area contributed by atoms with Crippen LogP contribution in [0.1, 0.15) is 31.8 Å². The van der Waals surface area contributed by atoms with Gasteiger partial charge in [-0.1, -0.05) is 36.4 Å². The summed E-state index contributed by atoms with van der Waals surface area (Å²) in [5.74, 6) is 0.127. The Balaban J connectivity index is 1.66. The second-order valence-electron chi connectivity index (χ2n) is 7.49. The summed E-state index contributed by atoms with van der Waals surface area (Å²) in [6.07, 6.45) is 3.02. The molecule has 0 aliphatic rings. The number of amides is 1. The van der Waals surface area contributed by atoms with Crippen LogP contribution in [0.3, 0.4) is 0 Å². The van der Waals surface area contributed by atoms with Crippen LogP contribution in [-0.2, 0) is 6.61 Å². The van der Waals surface area contributed by atoms with Crippen molar-refractivity contribution in [2.75, 3.05) is 20.8 Å². The highest BCUT2D eigenvalue weighted by Crippen LogP contribution is 2.36. The van der Waals surface area contributed by atoms with Crippen LogP contribution < -0.4 is 24.4 Å². The van der Waals surface area contributed by atoms with Crippen LogP contribution in [0, 0.1) is 0 Å². The first kappa shape index (κ1) is 27.1. The van der Waals surface area contributed by atoms with E-state index in [4.69, 9.17) is 35.7 Å². The fourth-order valence-corrected chi connectivity index (χ4v) is 3.43. The molecule has 0 heterocycles. The van der Waals surface area contributed by atoms with Crippen molar-refractivity contribution in [3.63, 3.8) is 0 Å². The quantitative estimate of drug-likeness (QED) is 0.195. The van der Waals surface area contributed by atoms with E-state index in [1.54, 1.807) is 48.5 Å². The number of carboxylic acids is 1. The van der Waals surface area contributed by atoms with E-state index in [1.807, 2.05) is 0 Å². The predicted molar refractivity (Wildman–Crippen MR) is 139 cm³/mol. The van der Waals surface area contributed by atoms with Gasteiger partial charge in [-0.25, -0.2) is 10.2 Å². The Kier molecular flexibility index (Phi) is 9.51. The molecule has 0 saturated carbocycles. The van der Waals surface area contributed by atoms with Gasteiger partial charge < -0.3 is 24.1 Å². The fourth-order valence-electron chi connectivity index (χ4n) is 3.16. The summed E-state index contributed by atoms with van der Waals surface area (Å²) in [6.45, 7) is 4.06. The zero-order chi connectivity index (χ0) is 26.8. The number of carboxylic acid groups (broad SMARTS) is 1. The highest BCUT2D eigenvalue weighted by Gasteiger charge is 2.13. The average Bonchev–Trinajstić information content (AvgIpc) is 2.91. The molecule has 0 atom stereocenters. The number of nitrogens with zero attached hydrogens (tertiary/aromatic N) is 1. The van der Waals surface area contributed by atoms with Crippen LogP contribution in [0.15, 0.2) is 72.4 Å². The zero-order valence-electron chi connectivity index (χ0n) is 20.2. The Morgan fingerprint density at radius 2 is 1.68 bits per heavy atom. The summed E-state index contributed by atoms with van der Waals surface area (Å²) in [5, 5.41) is 13.3. The topological polar surface area (TPSA) is 116 Å². The molecule has 192 valence electrons. The van der Waals surface area contributed by atoms with Crippen molar-refractivity contribution < 1.29 is 33.6 Å². The number of nitrogens with one attached hydrogen (secondary N) is 1. The number of methoxy groups -OCH3 is 2.